The molecule has 172 valence electrons. The van der Waals surface area contributed by atoms with Crippen LogP contribution in [0.4, 0.5) is 0 Å². The second-order valence-electron chi connectivity index (χ2n) is 7.92. The van der Waals surface area contributed by atoms with E-state index in [2.05, 4.69) is 36.9 Å². The van der Waals surface area contributed by atoms with Crippen molar-refractivity contribution in [2.45, 2.75) is 6.92 Å². The normalized spacial score (nSPS) is 14.2. The minimum Gasteiger partial charge on any atom is -0.420 e. The zero-order chi connectivity index (χ0) is 24.5. The van der Waals surface area contributed by atoms with Crippen LogP contribution in [0, 0.1) is 6.92 Å². The molecule has 0 N–H and O–H groups in total. The number of hydrogen-bond acceptors (Lipinski definition) is 5. The van der Waals surface area contributed by atoms with Crippen LogP contribution in [-0.2, 0) is 9.53 Å². The number of ether oxygens (including phenoxy) is 2. The van der Waals surface area contributed by atoms with E-state index in [4.69, 9.17) is 9.47 Å². The van der Waals surface area contributed by atoms with Crippen LogP contribution in [0.2, 0.25) is 0 Å². The van der Waals surface area contributed by atoms with Crippen molar-refractivity contribution in [3.05, 3.63) is 116 Å². The van der Waals surface area contributed by atoms with Gasteiger partial charge in [-0.05, 0) is 97.1 Å². The molecular weight excluding hydrogens is 574 g/mol. The summed E-state index contributed by atoms with van der Waals surface area (Å²) in [5.41, 5.74) is 2.89. The Bertz CT molecular complexity index is 1550. The van der Waals surface area contributed by atoms with Crippen LogP contribution < -0.4 is 4.74 Å². The molecule has 1 heterocycles. The number of aryl methyl sites for hydroxylation is 1. The number of benzene rings is 4. The lowest BCUT2D eigenvalue weighted by molar-refractivity contribution is -0.129. The van der Waals surface area contributed by atoms with E-state index in [1.807, 2.05) is 61.5 Å². The molecule has 4 aromatic carbocycles. The Morgan fingerprint density at radius 3 is 2.34 bits per heavy atom. The molecule has 0 saturated heterocycles. The number of halogens is 2. The third kappa shape index (κ3) is 4.83. The third-order valence-corrected chi connectivity index (χ3v) is 6.68. The fourth-order valence-corrected chi connectivity index (χ4v) is 5.11. The Kier molecular flexibility index (Phi) is 6.36. The van der Waals surface area contributed by atoms with Crippen molar-refractivity contribution >= 4 is 66.5 Å². The minimum atomic E-state index is -0.532. The van der Waals surface area contributed by atoms with E-state index in [-0.39, 0.29) is 11.6 Å². The highest BCUT2D eigenvalue weighted by Gasteiger charge is 2.25. The maximum Gasteiger partial charge on any atom is 0.363 e. The van der Waals surface area contributed by atoms with E-state index in [0.717, 1.165) is 21.9 Å². The number of aliphatic imine (C=N–C) groups is 1. The van der Waals surface area contributed by atoms with E-state index in [0.29, 0.717) is 25.8 Å². The smallest absolute Gasteiger partial charge is 0.363 e. The predicted octanol–water partition coefficient (Wildman–Crippen LogP) is 7.24. The molecule has 0 bridgehead atoms. The predicted molar refractivity (Wildman–Crippen MR) is 143 cm³/mol. The third-order valence-electron chi connectivity index (χ3n) is 5.50. The van der Waals surface area contributed by atoms with Gasteiger partial charge >= 0.3 is 11.9 Å². The van der Waals surface area contributed by atoms with Gasteiger partial charge in [-0.3, -0.25) is 0 Å². The van der Waals surface area contributed by atoms with Gasteiger partial charge in [-0.25, -0.2) is 14.6 Å². The first-order valence-corrected chi connectivity index (χ1v) is 12.3. The second-order valence-corrected chi connectivity index (χ2v) is 9.62. The summed E-state index contributed by atoms with van der Waals surface area (Å²) in [4.78, 5) is 29.6. The number of hydrogen-bond donors (Lipinski definition) is 0. The fourth-order valence-electron chi connectivity index (χ4n) is 3.72. The van der Waals surface area contributed by atoms with Gasteiger partial charge in [0.2, 0.25) is 5.90 Å². The van der Waals surface area contributed by atoms with Crippen LogP contribution in [-0.4, -0.2) is 17.8 Å². The Balaban J connectivity index is 1.42. The average molecular weight is 591 g/mol. The van der Waals surface area contributed by atoms with Gasteiger partial charge in [0.15, 0.2) is 11.4 Å². The molecule has 0 radical (unpaired) electrons. The van der Waals surface area contributed by atoms with E-state index in [9.17, 15) is 9.59 Å². The van der Waals surface area contributed by atoms with Crippen molar-refractivity contribution in [2.24, 2.45) is 4.99 Å². The molecule has 0 saturated carbocycles. The fraction of sp³-hybridized carbons (Fsp3) is 0.0357. The Hall–Kier alpha value is -3.55. The van der Waals surface area contributed by atoms with E-state index >= 15 is 0 Å². The number of cyclic esters (lactones) is 1. The van der Waals surface area contributed by atoms with Crippen molar-refractivity contribution in [3.8, 4) is 5.75 Å². The zero-order valence-electron chi connectivity index (χ0n) is 18.4. The molecule has 0 aliphatic carbocycles. The lowest BCUT2D eigenvalue weighted by Gasteiger charge is -2.11. The summed E-state index contributed by atoms with van der Waals surface area (Å²) in [6, 6.07) is 24.4. The topological polar surface area (TPSA) is 65.0 Å². The molecule has 35 heavy (non-hydrogen) atoms. The van der Waals surface area contributed by atoms with Gasteiger partial charge in [0.25, 0.3) is 0 Å². The first kappa shape index (κ1) is 23.2. The largest absolute Gasteiger partial charge is 0.420 e. The number of fused-ring (bicyclic) bond motifs is 1. The highest BCUT2D eigenvalue weighted by Crippen LogP contribution is 2.36. The van der Waals surface area contributed by atoms with Gasteiger partial charge in [-0.2, -0.15) is 0 Å². The highest BCUT2D eigenvalue weighted by atomic mass is 79.9. The van der Waals surface area contributed by atoms with Gasteiger partial charge in [0.1, 0.15) is 0 Å². The van der Waals surface area contributed by atoms with Crippen LogP contribution in [0.3, 0.4) is 0 Å². The molecule has 5 nitrogen and oxygen atoms in total. The standard InChI is InChI=1S/C28H17Br2NO4/c1-16-6-2-5-9-21(16)27(32)34-25-22(29)12-17(13-23(25)30)14-24-28(33)35-26(31-24)20-11-10-18-7-3-4-8-19(18)15-20/h2-15H,1H3/b24-14-. The maximum absolute atomic E-state index is 12.6. The summed E-state index contributed by atoms with van der Waals surface area (Å²) in [6.07, 6.45) is 1.62. The molecule has 0 unspecified atom stereocenters. The first-order valence-electron chi connectivity index (χ1n) is 10.7. The number of esters is 2. The summed E-state index contributed by atoms with van der Waals surface area (Å²) in [6.45, 7) is 1.85. The van der Waals surface area contributed by atoms with Crippen LogP contribution in [0.1, 0.15) is 27.0 Å². The summed E-state index contributed by atoms with van der Waals surface area (Å²) in [5.74, 6) is -0.390. The van der Waals surface area contributed by atoms with Gasteiger partial charge in [0.05, 0.1) is 14.5 Å². The molecular formula is C28H17Br2NO4. The first-order chi connectivity index (χ1) is 16.9. The number of carbonyl (C=O) groups is 2. The molecule has 0 fully saturated rings. The molecule has 5 rings (SSSR count). The van der Waals surface area contributed by atoms with E-state index in [1.165, 1.54) is 0 Å². The number of rotatable bonds is 4. The van der Waals surface area contributed by atoms with Crippen molar-refractivity contribution in [1.82, 2.24) is 0 Å². The Morgan fingerprint density at radius 2 is 1.60 bits per heavy atom. The van der Waals surface area contributed by atoms with Gasteiger partial charge < -0.3 is 9.47 Å². The lowest BCUT2D eigenvalue weighted by Crippen LogP contribution is -2.11. The van der Waals surface area contributed by atoms with Gasteiger partial charge in [-0.15, -0.1) is 0 Å². The SMILES string of the molecule is Cc1ccccc1C(=O)Oc1c(Br)cc(/C=C2\N=C(c3ccc4ccccc4c3)OC2=O)cc1Br. The van der Waals surface area contributed by atoms with Crippen LogP contribution in [0.15, 0.2) is 98.5 Å². The Labute approximate surface area is 218 Å². The molecule has 0 amide bonds. The second kappa shape index (κ2) is 9.60. The molecule has 1 aliphatic heterocycles. The zero-order valence-corrected chi connectivity index (χ0v) is 21.6. The number of nitrogens with zero attached hydrogens (tertiary/aromatic N) is 1. The van der Waals surface area contributed by atoms with E-state index < -0.39 is 11.9 Å². The average Bonchev–Trinajstić information content (AvgIpc) is 3.21. The Morgan fingerprint density at radius 1 is 0.914 bits per heavy atom. The quantitative estimate of drug-likeness (QED) is 0.143. The van der Waals surface area contributed by atoms with Crippen molar-refractivity contribution in [2.75, 3.05) is 0 Å². The molecule has 4 aromatic rings. The van der Waals surface area contributed by atoms with Gasteiger partial charge in [-0.1, -0.05) is 48.5 Å². The summed E-state index contributed by atoms with van der Waals surface area (Å²) >= 11 is 6.93. The molecule has 0 atom stereocenters. The van der Waals surface area contributed by atoms with E-state index in [1.54, 1.807) is 30.3 Å². The molecule has 0 aromatic heterocycles. The maximum atomic E-state index is 12.6. The molecule has 1 aliphatic rings. The summed E-state index contributed by atoms with van der Waals surface area (Å²) in [7, 11) is 0. The number of carbonyl (C=O) groups excluding carboxylic acids is 2. The van der Waals surface area contributed by atoms with Crippen LogP contribution in [0.5, 0.6) is 5.75 Å². The monoisotopic (exact) mass is 589 g/mol. The lowest BCUT2D eigenvalue weighted by atomic mass is 10.1. The summed E-state index contributed by atoms with van der Waals surface area (Å²) < 4.78 is 12.1. The van der Waals surface area contributed by atoms with Crippen molar-refractivity contribution < 1.29 is 19.1 Å². The summed E-state index contributed by atoms with van der Waals surface area (Å²) in [5, 5.41) is 2.12. The van der Waals surface area contributed by atoms with Crippen LogP contribution >= 0.6 is 31.9 Å². The molecule has 0 spiro atoms. The highest BCUT2D eigenvalue weighted by molar-refractivity contribution is 9.11. The van der Waals surface area contributed by atoms with Crippen molar-refractivity contribution in [3.63, 3.8) is 0 Å². The van der Waals surface area contributed by atoms with Crippen molar-refractivity contribution in [1.29, 1.82) is 0 Å². The molecule has 7 heteroatoms. The minimum absolute atomic E-state index is 0.177. The van der Waals surface area contributed by atoms with Gasteiger partial charge in [0, 0.05) is 5.56 Å². The van der Waals surface area contributed by atoms with Crippen LogP contribution in [0.25, 0.3) is 16.8 Å².